The third kappa shape index (κ3) is 5.93. The molecule has 1 heterocycles. The number of halogens is 1. The number of anilines is 2. The molecule has 1 aliphatic heterocycles. The zero-order chi connectivity index (χ0) is 22.4. The zero-order valence-corrected chi connectivity index (χ0v) is 21.0. The molecule has 3 nitrogen and oxygen atoms in total. The second-order valence-corrected chi connectivity index (χ2v) is 9.43. The van der Waals surface area contributed by atoms with E-state index >= 15 is 0 Å². The number of rotatable bonds is 8. The smallest absolute Gasteiger partial charge is 0.173 e. The number of unbranched alkanes of at least 4 members (excludes halogenated alkanes) is 1. The fourth-order valence-corrected chi connectivity index (χ4v) is 4.71. The zero-order valence-electron chi connectivity index (χ0n) is 19.4. The molecule has 168 valence electrons. The summed E-state index contributed by atoms with van der Waals surface area (Å²) in [6.45, 7) is 11.9. The quantitative estimate of drug-likeness (QED) is 0.422. The molecule has 0 spiro atoms. The predicted molar refractivity (Wildman–Crippen MR) is 140 cm³/mol. The Balaban J connectivity index is 1.78. The van der Waals surface area contributed by atoms with Crippen molar-refractivity contribution in [2.24, 2.45) is 0 Å². The summed E-state index contributed by atoms with van der Waals surface area (Å²) in [5, 5.41) is 4.95. The number of fused-ring (bicyclic) bond motifs is 1. The Bertz CT molecular complexity index is 898. The van der Waals surface area contributed by atoms with Crippen molar-refractivity contribution in [3.8, 4) is 0 Å². The van der Waals surface area contributed by atoms with E-state index in [4.69, 9.17) is 23.8 Å². The summed E-state index contributed by atoms with van der Waals surface area (Å²) in [4.78, 5) is 4.86. The molecule has 0 bridgehead atoms. The van der Waals surface area contributed by atoms with Crippen LogP contribution in [0.3, 0.4) is 0 Å². The second-order valence-electron chi connectivity index (χ2n) is 8.63. The molecule has 1 aliphatic rings. The Morgan fingerprint density at radius 1 is 1.26 bits per heavy atom. The number of benzene rings is 2. The highest BCUT2D eigenvalue weighted by atomic mass is 35.5. The van der Waals surface area contributed by atoms with E-state index in [1.807, 2.05) is 25.1 Å². The summed E-state index contributed by atoms with van der Waals surface area (Å²) in [6, 6.07) is 13.3. The highest BCUT2D eigenvalue weighted by Gasteiger charge is 2.20. The molecule has 0 saturated heterocycles. The van der Waals surface area contributed by atoms with Crippen LogP contribution in [0.25, 0.3) is 0 Å². The normalized spacial score (nSPS) is 14.2. The average Bonchev–Trinajstić information content (AvgIpc) is 2.78. The standard InChI is InChI=1S/C26H36ClN3S/c1-5-7-15-29-16-9-10-22-17-21(13-14-25(22)29)18-30(19(3)6-2)26(31)28-24-12-8-11-23(27)20(24)4/h8,11-14,17,19H,5-7,9-10,15-16,18H2,1-4H3,(H,28,31). The van der Waals surface area contributed by atoms with Crippen LogP contribution < -0.4 is 10.2 Å². The van der Waals surface area contributed by atoms with Gasteiger partial charge in [-0.05, 0) is 86.6 Å². The molecule has 1 N–H and O–H groups in total. The van der Waals surface area contributed by atoms with Gasteiger partial charge in [-0.25, -0.2) is 0 Å². The van der Waals surface area contributed by atoms with Crippen LogP contribution >= 0.6 is 23.8 Å². The molecule has 2 aromatic carbocycles. The SMILES string of the molecule is CCCCN1CCCc2cc(CN(C(=S)Nc3cccc(Cl)c3C)C(C)CC)ccc21. The lowest BCUT2D eigenvalue weighted by molar-refractivity contribution is 0.319. The summed E-state index contributed by atoms with van der Waals surface area (Å²) in [7, 11) is 0. The first-order valence-electron chi connectivity index (χ1n) is 11.6. The molecule has 5 heteroatoms. The molecular formula is C26H36ClN3S. The van der Waals surface area contributed by atoms with E-state index in [9.17, 15) is 0 Å². The van der Waals surface area contributed by atoms with Gasteiger partial charge in [-0.15, -0.1) is 0 Å². The maximum atomic E-state index is 6.31. The minimum atomic E-state index is 0.344. The van der Waals surface area contributed by atoms with Crippen molar-refractivity contribution in [2.75, 3.05) is 23.3 Å². The van der Waals surface area contributed by atoms with Gasteiger partial charge in [0.1, 0.15) is 0 Å². The van der Waals surface area contributed by atoms with Crippen molar-refractivity contribution in [1.29, 1.82) is 0 Å². The van der Waals surface area contributed by atoms with E-state index in [1.165, 1.54) is 49.0 Å². The van der Waals surface area contributed by atoms with Gasteiger partial charge in [0.2, 0.25) is 0 Å². The lowest BCUT2D eigenvalue weighted by Gasteiger charge is -2.34. The van der Waals surface area contributed by atoms with Crippen molar-refractivity contribution in [3.05, 3.63) is 58.1 Å². The highest BCUT2D eigenvalue weighted by Crippen LogP contribution is 2.29. The second kappa shape index (κ2) is 11.2. The molecule has 31 heavy (non-hydrogen) atoms. The Labute approximate surface area is 198 Å². The van der Waals surface area contributed by atoms with Gasteiger partial charge in [-0.3, -0.25) is 0 Å². The fourth-order valence-electron chi connectivity index (χ4n) is 4.18. The van der Waals surface area contributed by atoms with Crippen molar-refractivity contribution >= 4 is 40.3 Å². The van der Waals surface area contributed by atoms with Crippen molar-refractivity contribution in [1.82, 2.24) is 4.90 Å². The van der Waals surface area contributed by atoms with Crippen LogP contribution in [0.5, 0.6) is 0 Å². The fraction of sp³-hybridized carbons (Fsp3) is 0.500. The molecule has 0 fully saturated rings. The van der Waals surface area contributed by atoms with E-state index in [-0.39, 0.29) is 0 Å². The first-order chi connectivity index (χ1) is 14.9. The molecule has 0 amide bonds. The van der Waals surface area contributed by atoms with Gasteiger partial charge in [0.15, 0.2) is 5.11 Å². The highest BCUT2D eigenvalue weighted by molar-refractivity contribution is 7.80. The number of nitrogens with one attached hydrogen (secondary N) is 1. The Hall–Kier alpha value is -1.78. The lowest BCUT2D eigenvalue weighted by atomic mass is 9.98. The average molecular weight is 458 g/mol. The molecule has 1 atom stereocenters. The van der Waals surface area contributed by atoms with Gasteiger partial charge < -0.3 is 15.1 Å². The number of thiocarbonyl (C=S) groups is 1. The molecular weight excluding hydrogens is 422 g/mol. The molecule has 0 saturated carbocycles. The van der Waals surface area contributed by atoms with Crippen molar-refractivity contribution in [2.45, 2.75) is 72.4 Å². The molecule has 2 aromatic rings. The van der Waals surface area contributed by atoms with E-state index in [2.05, 4.69) is 54.1 Å². The lowest BCUT2D eigenvalue weighted by Crippen LogP contribution is -2.40. The van der Waals surface area contributed by atoms with E-state index < -0.39 is 0 Å². The van der Waals surface area contributed by atoms with Crippen LogP contribution in [0.2, 0.25) is 5.02 Å². The predicted octanol–water partition coefficient (Wildman–Crippen LogP) is 7.20. The molecule has 1 unspecified atom stereocenters. The largest absolute Gasteiger partial charge is 0.371 e. The first kappa shape index (κ1) is 23.9. The van der Waals surface area contributed by atoms with Crippen LogP contribution in [0.15, 0.2) is 36.4 Å². The molecule has 3 rings (SSSR count). The van der Waals surface area contributed by atoms with Crippen LogP contribution in [0.4, 0.5) is 11.4 Å². The van der Waals surface area contributed by atoms with Gasteiger partial charge in [-0.1, -0.05) is 50.1 Å². The van der Waals surface area contributed by atoms with Gasteiger partial charge >= 0.3 is 0 Å². The number of hydrogen-bond donors (Lipinski definition) is 1. The summed E-state index contributed by atoms with van der Waals surface area (Å²) in [5.41, 5.74) is 6.23. The maximum absolute atomic E-state index is 6.31. The maximum Gasteiger partial charge on any atom is 0.173 e. The third-order valence-corrected chi connectivity index (χ3v) is 7.13. The number of nitrogens with zero attached hydrogens (tertiary/aromatic N) is 2. The van der Waals surface area contributed by atoms with Gasteiger partial charge in [0, 0.05) is 42.1 Å². The minimum Gasteiger partial charge on any atom is -0.371 e. The molecule has 0 radical (unpaired) electrons. The van der Waals surface area contributed by atoms with Gasteiger partial charge in [-0.2, -0.15) is 0 Å². The van der Waals surface area contributed by atoms with Crippen LogP contribution in [0, 0.1) is 6.92 Å². The Morgan fingerprint density at radius 3 is 2.81 bits per heavy atom. The first-order valence-corrected chi connectivity index (χ1v) is 12.4. The number of aryl methyl sites for hydroxylation is 1. The van der Waals surface area contributed by atoms with E-state index in [0.717, 1.165) is 40.9 Å². The van der Waals surface area contributed by atoms with Crippen LogP contribution in [-0.4, -0.2) is 29.1 Å². The third-order valence-electron chi connectivity index (χ3n) is 6.39. The van der Waals surface area contributed by atoms with E-state index in [0.29, 0.717) is 6.04 Å². The van der Waals surface area contributed by atoms with Gasteiger partial charge in [0.25, 0.3) is 0 Å². The summed E-state index contributed by atoms with van der Waals surface area (Å²) >= 11 is 12.2. The summed E-state index contributed by atoms with van der Waals surface area (Å²) in [6.07, 6.45) is 5.94. The summed E-state index contributed by atoms with van der Waals surface area (Å²) < 4.78 is 0. The van der Waals surface area contributed by atoms with Crippen molar-refractivity contribution in [3.63, 3.8) is 0 Å². The van der Waals surface area contributed by atoms with Crippen molar-refractivity contribution < 1.29 is 0 Å². The van der Waals surface area contributed by atoms with Crippen LogP contribution in [-0.2, 0) is 13.0 Å². The number of hydrogen-bond acceptors (Lipinski definition) is 2. The topological polar surface area (TPSA) is 18.5 Å². The monoisotopic (exact) mass is 457 g/mol. The van der Waals surface area contributed by atoms with E-state index in [1.54, 1.807) is 0 Å². The molecule has 0 aromatic heterocycles. The Kier molecular flexibility index (Phi) is 8.62. The Morgan fingerprint density at radius 2 is 2.06 bits per heavy atom. The summed E-state index contributed by atoms with van der Waals surface area (Å²) in [5.74, 6) is 0. The van der Waals surface area contributed by atoms with Gasteiger partial charge in [0.05, 0.1) is 0 Å². The minimum absolute atomic E-state index is 0.344. The molecule has 0 aliphatic carbocycles. The van der Waals surface area contributed by atoms with Crippen LogP contribution in [0.1, 0.15) is 63.1 Å².